The van der Waals surface area contributed by atoms with Gasteiger partial charge >= 0.3 is 0 Å². The Labute approximate surface area is 152 Å². The third-order valence-corrected chi connectivity index (χ3v) is 4.48. The Kier molecular flexibility index (Phi) is 4.64. The topological polar surface area (TPSA) is 49.4 Å². The Hall–Kier alpha value is -2.59. The van der Waals surface area contributed by atoms with Crippen LogP contribution in [0.1, 0.15) is 30.9 Å². The third-order valence-electron chi connectivity index (χ3n) is 4.13. The first-order valence-electron chi connectivity index (χ1n) is 8.10. The number of carbonyl (C=O) groups excluding carboxylic acids is 2. The largest absolute Gasteiger partial charge is 0.350 e. The highest BCUT2D eigenvalue weighted by molar-refractivity contribution is 6.53. The lowest BCUT2D eigenvalue weighted by atomic mass is 10.0. The number of carbonyl (C=O) groups is 2. The lowest BCUT2D eigenvalue weighted by Crippen LogP contribution is -2.32. The van der Waals surface area contributed by atoms with Crippen molar-refractivity contribution in [1.29, 1.82) is 0 Å². The summed E-state index contributed by atoms with van der Waals surface area (Å²) < 4.78 is 0. The van der Waals surface area contributed by atoms with E-state index in [-0.39, 0.29) is 10.7 Å². The molecule has 0 radical (unpaired) electrons. The fourth-order valence-electron chi connectivity index (χ4n) is 2.72. The van der Waals surface area contributed by atoms with Gasteiger partial charge in [0.05, 0.1) is 5.69 Å². The number of imide groups is 1. The molecule has 2 amide bonds. The number of hydrogen-bond donors (Lipinski definition) is 1. The number of anilines is 2. The van der Waals surface area contributed by atoms with Gasteiger partial charge in [0.25, 0.3) is 11.8 Å². The SMILES string of the molecule is Cc1cccc(NC2=C(Cl)C(=O)N(c3ccc(C(C)C)cc3)C2=O)c1. The van der Waals surface area contributed by atoms with E-state index in [1.165, 1.54) is 0 Å². The van der Waals surface area contributed by atoms with Crippen molar-refractivity contribution < 1.29 is 9.59 Å². The van der Waals surface area contributed by atoms with Gasteiger partial charge in [0.15, 0.2) is 0 Å². The predicted molar refractivity (Wildman–Crippen MR) is 101 cm³/mol. The molecular weight excluding hydrogens is 336 g/mol. The first-order valence-corrected chi connectivity index (χ1v) is 8.48. The molecule has 0 spiro atoms. The smallest absolute Gasteiger partial charge is 0.283 e. The van der Waals surface area contributed by atoms with Crippen molar-refractivity contribution in [2.24, 2.45) is 0 Å². The summed E-state index contributed by atoms with van der Waals surface area (Å²) in [4.78, 5) is 26.3. The Morgan fingerprint density at radius 1 is 1.00 bits per heavy atom. The van der Waals surface area contributed by atoms with Crippen LogP contribution in [0.4, 0.5) is 11.4 Å². The second kappa shape index (κ2) is 6.73. The molecule has 4 nitrogen and oxygen atoms in total. The number of rotatable bonds is 4. The molecule has 0 atom stereocenters. The highest BCUT2D eigenvalue weighted by atomic mass is 35.5. The van der Waals surface area contributed by atoms with Gasteiger partial charge in [-0.2, -0.15) is 0 Å². The molecule has 0 aliphatic carbocycles. The summed E-state index contributed by atoms with van der Waals surface area (Å²) >= 11 is 6.14. The summed E-state index contributed by atoms with van der Waals surface area (Å²) in [7, 11) is 0. The molecule has 1 aliphatic rings. The molecule has 3 rings (SSSR count). The number of nitrogens with zero attached hydrogens (tertiary/aromatic N) is 1. The first kappa shape index (κ1) is 17.2. The van der Waals surface area contributed by atoms with Crippen LogP contribution in [0, 0.1) is 6.92 Å². The molecule has 2 aromatic rings. The summed E-state index contributed by atoms with van der Waals surface area (Å²) in [5.41, 5.74) is 3.51. The van der Waals surface area contributed by atoms with Gasteiger partial charge in [-0.3, -0.25) is 9.59 Å². The van der Waals surface area contributed by atoms with Crippen LogP contribution in [0.2, 0.25) is 0 Å². The molecule has 2 aromatic carbocycles. The van der Waals surface area contributed by atoms with E-state index in [1.807, 2.05) is 43.3 Å². The quantitative estimate of drug-likeness (QED) is 0.819. The van der Waals surface area contributed by atoms with Crippen molar-refractivity contribution in [3.05, 3.63) is 70.4 Å². The van der Waals surface area contributed by atoms with E-state index >= 15 is 0 Å². The van der Waals surface area contributed by atoms with Crippen LogP contribution < -0.4 is 10.2 Å². The monoisotopic (exact) mass is 354 g/mol. The first-order chi connectivity index (χ1) is 11.9. The van der Waals surface area contributed by atoms with Crippen LogP contribution in [0.25, 0.3) is 0 Å². The van der Waals surface area contributed by atoms with Crippen molar-refractivity contribution in [2.75, 3.05) is 10.2 Å². The van der Waals surface area contributed by atoms with Crippen molar-refractivity contribution in [3.63, 3.8) is 0 Å². The summed E-state index contributed by atoms with van der Waals surface area (Å²) in [6.07, 6.45) is 0. The third kappa shape index (κ3) is 3.30. The van der Waals surface area contributed by atoms with Crippen molar-refractivity contribution >= 4 is 34.8 Å². The van der Waals surface area contributed by atoms with Gasteiger partial charge in [-0.1, -0.05) is 49.7 Å². The maximum absolute atomic E-state index is 12.7. The van der Waals surface area contributed by atoms with Crippen LogP contribution in [0.15, 0.2) is 59.3 Å². The molecule has 1 aliphatic heterocycles. The van der Waals surface area contributed by atoms with Gasteiger partial charge < -0.3 is 5.32 Å². The zero-order valence-corrected chi connectivity index (χ0v) is 15.1. The molecular formula is C20H19ClN2O2. The van der Waals surface area contributed by atoms with Crippen LogP contribution in [-0.4, -0.2) is 11.8 Å². The van der Waals surface area contributed by atoms with Gasteiger partial charge in [0.2, 0.25) is 0 Å². The highest BCUT2D eigenvalue weighted by Gasteiger charge is 2.38. The normalized spacial score (nSPS) is 14.7. The summed E-state index contributed by atoms with van der Waals surface area (Å²) in [6.45, 7) is 6.12. The van der Waals surface area contributed by atoms with Gasteiger partial charge in [0, 0.05) is 5.69 Å². The van der Waals surface area contributed by atoms with Crippen molar-refractivity contribution in [1.82, 2.24) is 0 Å². The minimum Gasteiger partial charge on any atom is -0.350 e. The molecule has 0 unspecified atom stereocenters. The van der Waals surface area contributed by atoms with E-state index in [0.29, 0.717) is 17.3 Å². The fraction of sp³-hybridized carbons (Fsp3) is 0.200. The van der Waals surface area contributed by atoms with Gasteiger partial charge in [-0.25, -0.2) is 4.90 Å². The molecule has 0 fully saturated rings. The fourth-order valence-corrected chi connectivity index (χ4v) is 2.93. The number of aryl methyl sites for hydroxylation is 1. The second-order valence-corrected chi connectivity index (χ2v) is 6.75. The molecule has 1 heterocycles. The van der Waals surface area contributed by atoms with Gasteiger partial charge in [-0.05, 0) is 48.2 Å². The van der Waals surface area contributed by atoms with Crippen molar-refractivity contribution in [3.8, 4) is 0 Å². The molecule has 0 bridgehead atoms. The molecule has 1 N–H and O–H groups in total. The summed E-state index contributed by atoms with van der Waals surface area (Å²) in [5, 5.41) is 2.88. The van der Waals surface area contributed by atoms with Crippen LogP contribution in [0.5, 0.6) is 0 Å². The highest BCUT2D eigenvalue weighted by Crippen LogP contribution is 2.31. The number of amides is 2. The Morgan fingerprint density at radius 3 is 2.28 bits per heavy atom. The lowest BCUT2D eigenvalue weighted by molar-refractivity contribution is -0.120. The van der Waals surface area contributed by atoms with Crippen LogP contribution in [0.3, 0.4) is 0 Å². The van der Waals surface area contributed by atoms with Gasteiger partial charge in [0.1, 0.15) is 10.7 Å². The Morgan fingerprint density at radius 2 is 1.68 bits per heavy atom. The van der Waals surface area contributed by atoms with E-state index in [1.54, 1.807) is 12.1 Å². The summed E-state index contributed by atoms with van der Waals surface area (Å²) in [5.74, 6) is -0.591. The van der Waals surface area contributed by atoms with E-state index < -0.39 is 11.8 Å². The Bertz CT molecular complexity index is 870. The standard InChI is InChI=1S/C20H19ClN2O2/c1-12(2)14-7-9-16(10-8-14)23-19(24)17(21)18(20(23)25)22-15-6-4-5-13(3)11-15/h4-12,22H,1-3H3. The number of benzene rings is 2. The van der Waals surface area contributed by atoms with E-state index in [2.05, 4.69) is 19.2 Å². The van der Waals surface area contributed by atoms with Crippen LogP contribution >= 0.6 is 11.6 Å². The van der Waals surface area contributed by atoms with E-state index in [9.17, 15) is 9.59 Å². The summed E-state index contributed by atoms with van der Waals surface area (Å²) in [6, 6.07) is 14.9. The lowest BCUT2D eigenvalue weighted by Gasteiger charge is -2.16. The second-order valence-electron chi connectivity index (χ2n) is 6.38. The molecule has 128 valence electrons. The average Bonchev–Trinajstić information content (AvgIpc) is 2.79. The van der Waals surface area contributed by atoms with E-state index in [0.717, 1.165) is 16.0 Å². The zero-order chi connectivity index (χ0) is 18.1. The zero-order valence-electron chi connectivity index (χ0n) is 14.3. The Balaban J connectivity index is 1.88. The van der Waals surface area contributed by atoms with Crippen molar-refractivity contribution in [2.45, 2.75) is 26.7 Å². The predicted octanol–water partition coefficient (Wildman–Crippen LogP) is 4.55. The minimum atomic E-state index is -0.515. The van der Waals surface area contributed by atoms with E-state index in [4.69, 9.17) is 11.6 Å². The number of halogens is 1. The molecule has 0 saturated carbocycles. The molecule has 0 saturated heterocycles. The molecule has 25 heavy (non-hydrogen) atoms. The van der Waals surface area contributed by atoms with Crippen LogP contribution in [-0.2, 0) is 9.59 Å². The molecule has 0 aromatic heterocycles. The molecule has 5 heteroatoms. The number of hydrogen-bond acceptors (Lipinski definition) is 3. The minimum absolute atomic E-state index is 0.0977. The maximum Gasteiger partial charge on any atom is 0.283 e. The average molecular weight is 355 g/mol. The maximum atomic E-state index is 12.7. The van der Waals surface area contributed by atoms with Gasteiger partial charge in [-0.15, -0.1) is 0 Å². The number of nitrogens with one attached hydrogen (secondary N) is 1.